The fourth-order valence-electron chi connectivity index (χ4n) is 0.693. The largest absolute Gasteiger partial charge is 0.450 e. The molecule has 0 spiro atoms. The number of halogens is 12. The van der Waals surface area contributed by atoms with Gasteiger partial charge in [-0.1, -0.05) is 0 Å². The molecule has 0 aliphatic heterocycles. The van der Waals surface area contributed by atoms with Gasteiger partial charge in [0.25, 0.3) is 0 Å². The number of Topliss-reactive ketones (excluding diaryl/α,β-unsaturated/α-hetero) is 4. The maximum absolute atomic E-state index is 11.3. The Morgan fingerprint density at radius 3 is 0.593 bits per heavy atom. The van der Waals surface area contributed by atoms with E-state index in [2.05, 4.69) is 0 Å². The van der Waals surface area contributed by atoms with Crippen LogP contribution >= 0.6 is 0 Å². The molecule has 0 atom stereocenters. The molecule has 0 aromatic rings. The van der Waals surface area contributed by atoms with Crippen LogP contribution in [0.25, 0.3) is 0 Å². The van der Waals surface area contributed by atoms with Crippen molar-refractivity contribution in [3.63, 3.8) is 0 Å². The normalized spacial score (nSPS) is 12.3. The monoisotopic (exact) mass is 474 g/mol. The number of carbonyl (C=O) groups excluding carboxylic acids is 4. The van der Waals surface area contributed by atoms with Gasteiger partial charge in [0.2, 0.25) is 23.1 Å². The molecule has 17 heteroatoms. The third-order valence-corrected chi connectivity index (χ3v) is 1.91. The predicted molar refractivity (Wildman–Crippen MR) is 53.5 cm³/mol. The van der Waals surface area contributed by atoms with Crippen molar-refractivity contribution in [2.45, 2.75) is 37.5 Å². The van der Waals surface area contributed by atoms with Crippen molar-refractivity contribution in [1.29, 1.82) is 0 Å². The first-order valence-corrected chi connectivity index (χ1v) is 5.50. The van der Waals surface area contributed by atoms with Gasteiger partial charge >= 0.3 is 24.7 Å². The van der Waals surface area contributed by atoms with Crippen LogP contribution < -0.4 is 0 Å². The molecule has 0 saturated carbocycles. The van der Waals surface area contributed by atoms with E-state index in [-0.39, 0.29) is 16.5 Å². The van der Waals surface area contributed by atoms with E-state index in [9.17, 15) is 71.9 Å². The topological polar surface area (TPSA) is 68.3 Å². The van der Waals surface area contributed by atoms with Crippen LogP contribution in [0.15, 0.2) is 0 Å². The van der Waals surface area contributed by atoms with E-state index >= 15 is 0 Å². The number of ketones is 4. The fourth-order valence-corrected chi connectivity index (χ4v) is 0.693. The molecular weight excluding hydrogens is 471 g/mol. The van der Waals surface area contributed by atoms with E-state index in [1.807, 2.05) is 0 Å². The van der Waals surface area contributed by atoms with Crippen molar-refractivity contribution < 1.29 is 88.4 Å². The average Bonchev–Trinajstić information content (AvgIpc) is 2.34. The van der Waals surface area contributed by atoms with Crippen molar-refractivity contribution in [1.82, 2.24) is 0 Å². The average molecular weight is 475 g/mol. The summed E-state index contributed by atoms with van der Waals surface area (Å²) in [4.78, 5) is 39.5. The minimum absolute atomic E-state index is 0. The molecule has 0 unspecified atom stereocenters. The third-order valence-electron chi connectivity index (χ3n) is 1.91. The molecule has 0 aliphatic carbocycles. The Balaban J connectivity index is -0.000000411. The number of carbonyl (C=O) groups is 4. The number of rotatable bonds is 4. The molecule has 27 heavy (non-hydrogen) atoms. The van der Waals surface area contributed by atoms with Gasteiger partial charge in [-0.05, 0) is 0 Å². The Kier molecular flexibility index (Phi) is 11.2. The van der Waals surface area contributed by atoms with Crippen LogP contribution in [0.1, 0.15) is 12.8 Å². The van der Waals surface area contributed by atoms with Crippen LogP contribution in [-0.2, 0) is 35.7 Å². The molecule has 0 radical (unpaired) electrons. The zero-order valence-corrected chi connectivity index (χ0v) is 12.9. The first kappa shape index (κ1) is 30.1. The van der Waals surface area contributed by atoms with Gasteiger partial charge in [-0.25, -0.2) is 0 Å². The van der Waals surface area contributed by atoms with Crippen molar-refractivity contribution >= 4 is 23.1 Å². The summed E-state index contributed by atoms with van der Waals surface area (Å²) in [5.41, 5.74) is 0. The van der Waals surface area contributed by atoms with E-state index in [0.717, 1.165) is 0 Å². The summed E-state index contributed by atoms with van der Waals surface area (Å²) in [6.07, 6.45) is -26.0. The van der Waals surface area contributed by atoms with Gasteiger partial charge in [0.15, 0.2) is 0 Å². The minimum Gasteiger partial charge on any atom is -0.289 e. The predicted octanol–water partition coefficient (Wildman–Crippen LogP) is 3.28. The maximum atomic E-state index is 11.3. The minimum atomic E-state index is -5.40. The molecule has 0 aliphatic rings. The van der Waals surface area contributed by atoms with Gasteiger partial charge in [-0.2, -0.15) is 52.7 Å². The van der Waals surface area contributed by atoms with E-state index < -0.39 is 60.7 Å². The zero-order chi connectivity index (χ0) is 21.7. The molecule has 0 fully saturated rings. The summed E-state index contributed by atoms with van der Waals surface area (Å²) in [7, 11) is 0. The number of hydrogen-bond donors (Lipinski definition) is 0. The first-order chi connectivity index (χ1) is 11.1. The van der Waals surface area contributed by atoms with Crippen LogP contribution in [-0.4, -0.2) is 47.8 Å². The van der Waals surface area contributed by atoms with Crippen LogP contribution in [0.2, 0.25) is 0 Å². The number of alkyl halides is 12. The Labute approximate surface area is 150 Å². The second-order valence-electron chi connectivity index (χ2n) is 4.04. The van der Waals surface area contributed by atoms with Crippen LogP contribution in [0.4, 0.5) is 52.7 Å². The van der Waals surface area contributed by atoms with Crippen molar-refractivity contribution in [2.24, 2.45) is 0 Å². The van der Waals surface area contributed by atoms with Crippen LogP contribution in [0, 0.1) is 0 Å². The van der Waals surface area contributed by atoms with Crippen molar-refractivity contribution in [3.8, 4) is 0 Å². The third kappa shape index (κ3) is 13.2. The van der Waals surface area contributed by atoms with Crippen LogP contribution in [0.3, 0.4) is 0 Å². The molecule has 0 aromatic heterocycles. The van der Waals surface area contributed by atoms with Crippen LogP contribution in [0.5, 0.6) is 0 Å². The standard InChI is InChI=1S/2C5H2F6O2.Ni/c2*6-4(7,8)2(12)1-3(13)5(9,10)11;/h2*1H2;. The SMILES string of the molecule is O=C(CC(=O)C(F)(F)F)C(F)(F)F.O=C(CC(=O)C(F)(F)F)C(F)(F)F.[Ni]. The van der Waals surface area contributed by atoms with Gasteiger partial charge in [-0.15, -0.1) is 0 Å². The maximum Gasteiger partial charge on any atom is 0.450 e. The number of hydrogen-bond acceptors (Lipinski definition) is 4. The molecule has 0 rings (SSSR count). The van der Waals surface area contributed by atoms with Gasteiger partial charge in [0.05, 0.1) is 12.8 Å². The fraction of sp³-hybridized carbons (Fsp3) is 0.600. The molecule has 0 heterocycles. The van der Waals surface area contributed by atoms with E-state index in [4.69, 9.17) is 0 Å². The molecule has 0 amide bonds. The second kappa shape index (κ2) is 10.0. The molecule has 0 saturated heterocycles. The molecule has 162 valence electrons. The Bertz CT molecular complexity index is 456. The van der Waals surface area contributed by atoms with Gasteiger partial charge < -0.3 is 0 Å². The summed E-state index contributed by atoms with van der Waals surface area (Å²) in [6, 6.07) is 0. The van der Waals surface area contributed by atoms with Gasteiger partial charge in [0, 0.05) is 16.5 Å². The summed E-state index contributed by atoms with van der Waals surface area (Å²) in [6.45, 7) is 0. The quantitative estimate of drug-likeness (QED) is 0.356. The molecule has 4 nitrogen and oxygen atoms in total. The summed E-state index contributed by atoms with van der Waals surface area (Å²) in [5.74, 6) is -10.8. The Morgan fingerprint density at radius 1 is 0.407 bits per heavy atom. The van der Waals surface area contributed by atoms with Crippen molar-refractivity contribution in [2.75, 3.05) is 0 Å². The molecule has 0 aromatic carbocycles. The van der Waals surface area contributed by atoms with Crippen molar-refractivity contribution in [3.05, 3.63) is 0 Å². The Morgan fingerprint density at radius 2 is 0.519 bits per heavy atom. The smallest absolute Gasteiger partial charge is 0.289 e. The summed E-state index contributed by atoms with van der Waals surface area (Å²) < 4.78 is 136. The first-order valence-electron chi connectivity index (χ1n) is 5.50. The molecule has 0 N–H and O–H groups in total. The summed E-state index contributed by atoms with van der Waals surface area (Å²) >= 11 is 0. The molecular formula is C10H4F12NiO4. The van der Waals surface area contributed by atoms with E-state index in [0.29, 0.717) is 0 Å². The van der Waals surface area contributed by atoms with Gasteiger partial charge in [-0.3, -0.25) is 19.2 Å². The molecule has 0 bridgehead atoms. The second-order valence-corrected chi connectivity index (χ2v) is 4.04. The zero-order valence-electron chi connectivity index (χ0n) is 11.9. The van der Waals surface area contributed by atoms with E-state index in [1.165, 1.54) is 0 Å². The summed E-state index contributed by atoms with van der Waals surface area (Å²) in [5, 5.41) is 0. The van der Waals surface area contributed by atoms with Gasteiger partial charge in [0.1, 0.15) is 0 Å². The Hall–Kier alpha value is -1.67. The van der Waals surface area contributed by atoms with E-state index in [1.54, 1.807) is 0 Å².